The summed E-state index contributed by atoms with van der Waals surface area (Å²) in [5, 5.41) is 20.2. The summed E-state index contributed by atoms with van der Waals surface area (Å²) in [6, 6.07) is 2.13. The third kappa shape index (κ3) is 2.89. The molecule has 5 rings (SSSR count). The van der Waals surface area contributed by atoms with Crippen LogP contribution < -0.4 is 0 Å². The molecule has 0 aliphatic heterocycles. The van der Waals surface area contributed by atoms with Crippen molar-refractivity contribution in [3.05, 3.63) is 23.3 Å². The van der Waals surface area contributed by atoms with Crippen LogP contribution in [0.25, 0.3) is 0 Å². The molecule has 0 saturated heterocycles. The Balaban J connectivity index is 1.70. The lowest BCUT2D eigenvalue weighted by molar-refractivity contribution is -0.188. The van der Waals surface area contributed by atoms with Crippen LogP contribution in [0.5, 0.6) is 0 Å². The van der Waals surface area contributed by atoms with E-state index in [0.717, 1.165) is 31.3 Å². The van der Waals surface area contributed by atoms with Crippen LogP contribution in [0.15, 0.2) is 23.3 Å². The number of Topliss-reactive ketones (excluding diaryl/α,β-unsaturated/α-hetero) is 1. The van der Waals surface area contributed by atoms with E-state index in [1.807, 2.05) is 19.1 Å². The molecule has 35 heavy (non-hydrogen) atoms. The maximum absolute atomic E-state index is 14.2. The standard InChI is InChI=1S/C30H39NO4/c1-17-19-7-8-28(5)22(27(19,4)14-18(16-31)24(17)33)13-21(32)23-20-15-26(2,3)9-11-30(20,25(34)35)12-10-29(23,28)6/h13-14,17,19-20,23H,7-12,15H2,1-6H3,(H,34,35)/t17?,19?,20?,23?,27?,28?,29-,30?/m1/s1. The predicted octanol–water partition coefficient (Wildman–Crippen LogP) is 5.90. The topological polar surface area (TPSA) is 95.2 Å². The predicted molar refractivity (Wildman–Crippen MR) is 132 cm³/mol. The van der Waals surface area contributed by atoms with Crippen molar-refractivity contribution in [3.8, 4) is 6.07 Å². The van der Waals surface area contributed by atoms with Crippen LogP contribution in [-0.2, 0) is 14.4 Å². The van der Waals surface area contributed by atoms with Gasteiger partial charge in [-0.15, -0.1) is 0 Å². The van der Waals surface area contributed by atoms with Gasteiger partial charge in [0.25, 0.3) is 0 Å². The van der Waals surface area contributed by atoms with Gasteiger partial charge in [0.05, 0.1) is 11.0 Å². The van der Waals surface area contributed by atoms with E-state index in [9.17, 15) is 24.8 Å². The quantitative estimate of drug-likeness (QED) is 0.507. The van der Waals surface area contributed by atoms with Gasteiger partial charge in [-0.3, -0.25) is 14.4 Å². The van der Waals surface area contributed by atoms with Gasteiger partial charge in [0.1, 0.15) is 6.07 Å². The molecular weight excluding hydrogens is 438 g/mol. The van der Waals surface area contributed by atoms with Crippen molar-refractivity contribution in [1.82, 2.24) is 0 Å². The van der Waals surface area contributed by atoms with Crippen LogP contribution >= 0.6 is 0 Å². The van der Waals surface area contributed by atoms with Crippen molar-refractivity contribution >= 4 is 17.5 Å². The van der Waals surface area contributed by atoms with Gasteiger partial charge in [-0.1, -0.05) is 53.2 Å². The van der Waals surface area contributed by atoms with Crippen molar-refractivity contribution < 1.29 is 19.5 Å². The van der Waals surface area contributed by atoms with E-state index < -0.39 is 16.8 Å². The second-order valence-corrected chi connectivity index (χ2v) is 13.9. The van der Waals surface area contributed by atoms with Crippen molar-refractivity contribution in [2.75, 3.05) is 0 Å². The molecule has 1 N–H and O–H groups in total. The summed E-state index contributed by atoms with van der Waals surface area (Å²) in [7, 11) is 0. The lowest BCUT2D eigenvalue weighted by Crippen LogP contribution is -2.65. The molecule has 5 heteroatoms. The van der Waals surface area contributed by atoms with E-state index in [1.165, 1.54) is 0 Å². The summed E-state index contributed by atoms with van der Waals surface area (Å²) >= 11 is 0. The number of allylic oxidation sites excluding steroid dienone is 4. The number of nitriles is 1. The minimum atomic E-state index is -0.822. The highest BCUT2D eigenvalue weighted by Gasteiger charge is 2.70. The largest absolute Gasteiger partial charge is 0.481 e. The van der Waals surface area contributed by atoms with E-state index in [0.29, 0.717) is 19.3 Å². The normalized spacial score (nSPS) is 48.3. The van der Waals surface area contributed by atoms with Crippen molar-refractivity contribution in [1.29, 1.82) is 5.26 Å². The Bertz CT molecular complexity index is 1140. The third-order valence-electron chi connectivity index (χ3n) is 11.9. The molecule has 0 radical (unpaired) electrons. The van der Waals surface area contributed by atoms with Crippen LogP contribution in [0.3, 0.4) is 0 Å². The summed E-state index contributed by atoms with van der Waals surface area (Å²) in [5.41, 5.74) is -0.705. The van der Waals surface area contributed by atoms with Crippen LogP contribution in [0, 0.1) is 62.1 Å². The van der Waals surface area contributed by atoms with E-state index >= 15 is 0 Å². The average Bonchev–Trinajstić information content (AvgIpc) is 2.77. The maximum Gasteiger partial charge on any atom is 0.309 e. The van der Waals surface area contributed by atoms with E-state index in [1.54, 1.807) is 0 Å². The molecule has 0 aromatic carbocycles. The number of carbonyl (C=O) groups excluding carboxylic acids is 2. The Hall–Kier alpha value is -2.22. The first-order valence-corrected chi connectivity index (χ1v) is 13.3. The monoisotopic (exact) mass is 477 g/mol. The van der Waals surface area contributed by atoms with Gasteiger partial charge in [-0.05, 0) is 79.1 Å². The van der Waals surface area contributed by atoms with Crippen molar-refractivity contribution in [2.24, 2.45) is 50.7 Å². The minimum absolute atomic E-state index is 0.0142. The van der Waals surface area contributed by atoms with Gasteiger partial charge in [0, 0.05) is 17.3 Å². The number of nitrogens with zero attached hydrogens (tertiary/aromatic N) is 1. The molecule has 188 valence electrons. The molecule has 5 nitrogen and oxygen atoms in total. The zero-order valence-corrected chi connectivity index (χ0v) is 22.0. The highest BCUT2D eigenvalue weighted by molar-refractivity contribution is 6.02. The summed E-state index contributed by atoms with van der Waals surface area (Å²) in [6.07, 6.45) is 9.03. The molecule has 8 atom stereocenters. The molecule has 0 aromatic rings. The van der Waals surface area contributed by atoms with Crippen molar-refractivity contribution in [3.63, 3.8) is 0 Å². The van der Waals surface area contributed by atoms with Gasteiger partial charge < -0.3 is 5.11 Å². The Morgan fingerprint density at radius 3 is 2.31 bits per heavy atom. The Morgan fingerprint density at radius 2 is 1.69 bits per heavy atom. The summed E-state index contributed by atoms with van der Waals surface area (Å²) < 4.78 is 0. The molecule has 0 bridgehead atoms. The molecule has 0 heterocycles. The third-order valence-corrected chi connectivity index (χ3v) is 11.9. The first kappa shape index (κ1) is 24.5. The fourth-order valence-electron chi connectivity index (χ4n) is 9.63. The fraction of sp³-hybridized carbons (Fsp3) is 0.733. The molecule has 5 aliphatic carbocycles. The van der Waals surface area contributed by atoms with Crippen LogP contribution in [0.1, 0.15) is 86.5 Å². The molecule has 5 aliphatic rings. The van der Waals surface area contributed by atoms with E-state index in [4.69, 9.17) is 0 Å². The summed E-state index contributed by atoms with van der Waals surface area (Å²) in [4.78, 5) is 39.7. The van der Waals surface area contributed by atoms with Gasteiger partial charge in [-0.2, -0.15) is 5.26 Å². The lowest BCUT2D eigenvalue weighted by Gasteiger charge is -2.68. The number of hydrogen-bond donors (Lipinski definition) is 1. The lowest BCUT2D eigenvalue weighted by atomic mass is 9.35. The van der Waals surface area contributed by atoms with Crippen LogP contribution in [0.4, 0.5) is 0 Å². The SMILES string of the molecule is CC1C(=O)C(C#N)=CC2(C)C3=CC(=O)C4C5CC(C)(C)CCC5(C(=O)O)CC[C@@]4(C)C3(C)CCC12. The number of aliphatic carboxylic acids is 1. The molecule has 0 aromatic heterocycles. The smallest absolute Gasteiger partial charge is 0.309 e. The number of carbonyl (C=O) groups is 3. The summed E-state index contributed by atoms with van der Waals surface area (Å²) in [5.74, 6) is -1.43. The number of hydrogen-bond acceptors (Lipinski definition) is 4. The Kier molecular flexibility index (Phi) is 5.02. The van der Waals surface area contributed by atoms with Crippen LogP contribution in [0.2, 0.25) is 0 Å². The first-order valence-electron chi connectivity index (χ1n) is 13.3. The summed E-state index contributed by atoms with van der Waals surface area (Å²) in [6.45, 7) is 13.0. The maximum atomic E-state index is 14.2. The molecule has 3 saturated carbocycles. The Morgan fingerprint density at radius 1 is 1.03 bits per heavy atom. The highest BCUT2D eigenvalue weighted by atomic mass is 16.4. The molecule has 7 unspecified atom stereocenters. The molecular formula is C30H39NO4. The zero-order valence-electron chi connectivity index (χ0n) is 22.0. The fourth-order valence-corrected chi connectivity index (χ4v) is 9.63. The number of fused-ring (bicyclic) bond motifs is 7. The van der Waals surface area contributed by atoms with Gasteiger partial charge >= 0.3 is 5.97 Å². The van der Waals surface area contributed by atoms with Gasteiger partial charge in [0.15, 0.2) is 11.6 Å². The van der Waals surface area contributed by atoms with Gasteiger partial charge in [0.2, 0.25) is 0 Å². The molecule has 3 fully saturated rings. The van der Waals surface area contributed by atoms with Crippen LogP contribution in [-0.4, -0.2) is 22.6 Å². The molecule has 0 amide bonds. The number of rotatable bonds is 1. The Labute approximate surface area is 209 Å². The van der Waals surface area contributed by atoms with Crippen molar-refractivity contribution in [2.45, 2.75) is 86.5 Å². The number of ketones is 2. The molecule has 0 spiro atoms. The minimum Gasteiger partial charge on any atom is -0.481 e. The van der Waals surface area contributed by atoms with Gasteiger partial charge in [-0.25, -0.2) is 0 Å². The number of carboxylic acid groups (broad SMARTS) is 1. The van der Waals surface area contributed by atoms with E-state index in [-0.39, 0.29) is 57.1 Å². The number of carboxylic acids is 1. The average molecular weight is 478 g/mol. The second kappa shape index (κ2) is 7.17. The van der Waals surface area contributed by atoms with E-state index in [2.05, 4.69) is 40.7 Å². The second-order valence-electron chi connectivity index (χ2n) is 13.9. The highest BCUT2D eigenvalue weighted by Crippen LogP contribution is 2.73. The zero-order chi connectivity index (χ0) is 25.8. The first-order chi connectivity index (χ1) is 16.2.